The summed E-state index contributed by atoms with van der Waals surface area (Å²) in [6.07, 6.45) is 0. The molecule has 0 saturated carbocycles. The maximum atomic E-state index is 9.04. The fourth-order valence-electron chi connectivity index (χ4n) is 0.805. The largest absolute Gasteiger partial charge is 0.508 e. The Balaban J connectivity index is 0. The molecule has 0 aliphatic carbocycles. The van der Waals surface area contributed by atoms with Gasteiger partial charge >= 0.3 is 0 Å². The molecule has 1 N–H and O–H groups in total. The Labute approximate surface area is 82.4 Å². The van der Waals surface area contributed by atoms with Gasteiger partial charge in [-0.15, -0.1) is 0 Å². The van der Waals surface area contributed by atoms with Crippen LogP contribution in [-0.4, -0.2) is 5.11 Å². The van der Waals surface area contributed by atoms with Crippen LogP contribution in [0.25, 0.3) is 0 Å². The van der Waals surface area contributed by atoms with E-state index in [1.54, 1.807) is 6.07 Å². The van der Waals surface area contributed by atoms with Gasteiger partial charge in [0, 0.05) is 0 Å². The summed E-state index contributed by atoms with van der Waals surface area (Å²) in [4.78, 5) is 0. The zero-order chi connectivity index (χ0) is 10.9. The predicted octanol–water partition coefficient (Wildman–Crippen LogP) is 4.06. The van der Waals surface area contributed by atoms with Crippen LogP contribution in [-0.2, 0) is 0 Å². The standard InChI is InChI=1S/C8H10O.2C2H6/c1-6-3-4-8(9)7(2)5-6;2*1-2/h3-5,9H,1-2H3;2*1-2H3. The molecule has 0 heterocycles. The van der Waals surface area contributed by atoms with Crippen LogP contribution in [0.2, 0.25) is 0 Å². The quantitative estimate of drug-likeness (QED) is 0.641. The van der Waals surface area contributed by atoms with Crippen molar-refractivity contribution in [3.05, 3.63) is 29.3 Å². The maximum absolute atomic E-state index is 9.04. The lowest BCUT2D eigenvalue weighted by molar-refractivity contribution is 0.471. The van der Waals surface area contributed by atoms with Crippen molar-refractivity contribution in [2.24, 2.45) is 0 Å². The first-order valence-corrected chi connectivity index (χ1v) is 4.96. The first-order valence-electron chi connectivity index (χ1n) is 4.96. The molecule has 0 aliphatic rings. The van der Waals surface area contributed by atoms with Crippen molar-refractivity contribution >= 4 is 0 Å². The van der Waals surface area contributed by atoms with Crippen LogP contribution in [0.5, 0.6) is 5.75 Å². The van der Waals surface area contributed by atoms with Crippen molar-refractivity contribution < 1.29 is 5.11 Å². The van der Waals surface area contributed by atoms with Gasteiger partial charge in [-0.25, -0.2) is 0 Å². The lowest BCUT2D eigenvalue weighted by Gasteiger charge is -1.97. The molecule has 13 heavy (non-hydrogen) atoms. The van der Waals surface area contributed by atoms with Gasteiger partial charge in [0.2, 0.25) is 0 Å². The first kappa shape index (κ1) is 14.5. The Kier molecular flexibility index (Phi) is 10.2. The van der Waals surface area contributed by atoms with Gasteiger partial charge in [0.05, 0.1) is 0 Å². The topological polar surface area (TPSA) is 20.2 Å². The summed E-state index contributed by atoms with van der Waals surface area (Å²) in [5.74, 6) is 0.376. The van der Waals surface area contributed by atoms with E-state index in [1.807, 2.05) is 53.7 Å². The minimum atomic E-state index is 0.376. The molecule has 1 rings (SSSR count). The minimum absolute atomic E-state index is 0.376. The Morgan fingerprint density at radius 1 is 0.923 bits per heavy atom. The van der Waals surface area contributed by atoms with Gasteiger partial charge < -0.3 is 5.11 Å². The second-order valence-electron chi connectivity index (χ2n) is 2.29. The fourth-order valence-corrected chi connectivity index (χ4v) is 0.805. The van der Waals surface area contributed by atoms with Crippen molar-refractivity contribution in [3.63, 3.8) is 0 Å². The average molecular weight is 182 g/mol. The highest BCUT2D eigenvalue weighted by Crippen LogP contribution is 2.15. The summed E-state index contributed by atoms with van der Waals surface area (Å²) in [5.41, 5.74) is 2.13. The summed E-state index contributed by atoms with van der Waals surface area (Å²) >= 11 is 0. The maximum Gasteiger partial charge on any atom is 0.118 e. The van der Waals surface area contributed by atoms with Gasteiger partial charge in [-0.2, -0.15) is 0 Å². The van der Waals surface area contributed by atoms with Gasteiger partial charge in [-0.3, -0.25) is 0 Å². The first-order chi connectivity index (χ1) is 6.20. The molecule has 0 amide bonds. The van der Waals surface area contributed by atoms with E-state index in [-0.39, 0.29) is 0 Å². The van der Waals surface area contributed by atoms with E-state index in [4.69, 9.17) is 5.11 Å². The summed E-state index contributed by atoms with van der Waals surface area (Å²) < 4.78 is 0. The van der Waals surface area contributed by atoms with E-state index in [1.165, 1.54) is 5.56 Å². The van der Waals surface area contributed by atoms with Crippen LogP contribution in [0.15, 0.2) is 18.2 Å². The number of aromatic hydroxyl groups is 1. The van der Waals surface area contributed by atoms with Crippen LogP contribution in [0.3, 0.4) is 0 Å². The molecule has 0 aliphatic heterocycles. The lowest BCUT2D eigenvalue weighted by Crippen LogP contribution is -1.75. The van der Waals surface area contributed by atoms with Crippen LogP contribution in [0, 0.1) is 13.8 Å². The molecular weight excluding hydrogens is 160 g/mol. The molecule has 1 aromatic rings. The average Bonchev–Trinajstić information content (AvgIpc) is 2.18. The van der Waals surface area contributed by atoms with Gasteiger partial charge in [-0.05, 0) is 25.5 Å². The normalized spacial score (nSPS) is 7.54. The monoisotopic (exact) mass is 182 g/mol. The molecule has 0 fully saturated rings. The van der Waals surface area contributed by atoms with E-state index in [2.05, 4.69) is 0 Å². The Bertz CT molecular complexity index is 216. The molecule has 1 heteroatoms. The second kappa shape index (κ2) is 9.11. The molecule has 0 aromatic heterocycles. The third-order valence-corrected chi connectivity index (χ3v) is 1.35. The van der Waals surface area contributed by atoms with Crippen molar-refractivity contribution in [1.82, 2.24) is 0 Å². The van der Waals surface area contributed by atoms with E-state index < -0.39 is 0 Å². The predicted molar refractivity (Wildman–Crippen MR) is 60.3 cm³/mol. The molecule has 76 valence electrons. The van der Waals surface area contributed by atoms with E-state index in [0.29, 0.717) is 5.75 Å². The van der Waals surface area contributed by atoms with Crippen molar-refractivity contribution in [3.8, 4) is 5.75 Å². The Hall–Kier alpha value is -0.980. The molecule has 0 radical (unpaired) electrons. The smallest absolute Gasteiger partial charge is 0.118 e. The highest BCUT2D eigenvalue weighted by Gasteiger charge is 1.91. The zero-order valence-corrected chi connectivity index (χ0v) is 9.68. The Morgan fingerprint density at radius 3 is 1.69 bits per heavy atom. The summed E-state index contributed by atoms with van der Waals surface area (Å²) in [5, 5.41) is 9.04. The number of hydrogen-bond donors (Lipinski definition) is 1. The molecule has 0 atom stereocenters. The number of phenols is 1. The number of aryl methyl sites for hydroxylation is 2. The van der Waals surface area contributed by atoms with Gasteiger partial charge in [0.25, 0.3) is 0 Å². The van der Waals surface area contributed by atoms with Crippen LogP contribution in [0.4, 0.5) is 0 Å². The van der Waals surface area contributed by atoms with Crippen molar-refractivity contribution in [2.45, 2.75) is 41.5 Å². The van der Waals surface area contributed by atoms with E-state index >= 15 is 0 Å². The summed E-state index contributed by atoms with van der Waals surface area (Å²) in [7, 11) is 0. The summed E-state index contributed by atoms with van der Waals surface area (Å²) in [6.45, 7) is 11.9. The molecular formula is C12H22O. The van der Waals surface area contributed by atoms with Crippen LogP contribution in [0.1, 0.15) is 38.8 Å². The third kappa shape index (κ3) is 6.21. The third-order valence-electron chi connectivity index (χ3n) is 1.35. The molecule has 1 nitrogen and oxygen atoms in total. The van der Waals surface area contributed by atoms with Gasteiger partial charge in [0.15, 0.2) is 0 Å². The van der Waals surface area contributed by atoms with Crippen molar-refractivity contribution in [2.75, 3.05) is 0 Å². The molecule has 0 saturated heterocycles. The van der Waals surface area contributed by atoms with Crippen molar-refractivity contribution in [1.29, 1.82) is 0 Å². The van der Waals surface area contributed by atoms with E-state index in [0.717, 1.165) is 5.56 Å². The van der Waals surface area contributed by atoms with Gasteiger partial charge in [-0.1, -0.05) is 45.4 Å². The van der Waals surface area contributed by atoms with Crippen LogP contribution >= 0.6 is 0 Å². The molecule has 0 spiro atoms. The fraction of sp³-hybridized carbons (Fsp3) is 0.500. The molecule has 0 unspecified atom stereocenters. The van der Waals surface area contributed by atoms with Gasteiger partial charge in [0.1, 0.15) is 5.75 Å². The zero-order valence-electron chi connectivity index (χ0n) is 9.68. The second-order valence-corrected chi connectivity index (χ2v) is 2.29. The number of hydrogen-bond acceptors (Lipinski definition) is 1. The highest BCUT2D eigenvalue weighted by molar-refractivity contribution is 5.34. The number of rotatable bonds is 0. The highest BCUT2D eigenvalue weighted by atomic mass is 16.3. The summed E-state index contributed by atoms with van der Waals surface area (Å²) in [6, 6.07) is 5.56. The van der Waals surface area contributed by atoms with Crippen LogP contribution < -0.4 is 0 Å². The molecule has 1 aromatic carbocycles. The van der Waals surface area contributed by atoms with E-state index in [9.17, 15) is 0 Å². The number of benzene rings is 1. The number of phenolic OH excluding ortho intramolecular Hbond substituents is 1. The molecule has 0 bridgehead atoms. The lowest BCUT2D eigenvalue weighted by atomic mass is 10.1. The minimum Gasteiger partial charge on any atom is -0.508 e. The SMILES string of the molecule is CC.CC.Cc1ccc(O)c(C)c1. The Morgan fingerprint density at radius 2 is 1.38 bits per heavy atom.